The molecular formula is C15H19NO4. The van der Waals surface area contributed by atoms with Crippen LogP contribution in [-0.2, 0) is 4.74 Å². The van der Waals surface area contributed by atoms with Crippen molar-refractivity contribution in [1.29, 1.82) is 0 Å². The third kappa shape index (κ3) is 2.16. The lowest BCUT2D eigenvalue weighted by molar-refractivity contribution is -0.0547. The van der Waals surface area contributed by atoms with E-state index in [1.807, 2.05) is 0 Å². The van der Waals surface area contributed by atoms with Crippen molar-refractivity contribution in [2.24, 2.45) is 11.8 Å². The van der Waals surface area contributed by atoms with Crippen molar-refractivity contribution >= 4 is 5.91 Å². The van der Waals surface area contributed by atoms with E-state index in [4.69, 9.17) is 9.15 Å². The first kappa shape index (κ1) is 13.4. The number of fused-ring (bicyclic) bond motifs is 1. The zero-order chi connectivity index (χ0) is 14.3. The van der Waals surface area contributed by atoms with Crippen LogP contribution in [0.4, 0.5) is 0 Å². The lowest BCUT2D eigenvalue weighted by Gasteiger charge is -2.47. The predicted molar refractivity (Wildman–Crippen MR) is 72.6 cm³/mol. The van der Waals surface area contributed by atoms with Crippen molar-refractivity contribution in [3.63, 3.8) is 0 Å². The molecule has 1 N–H and O–H groups in total. The van der Waals surface area contributed by atoms with E-state index in [0.29, 0.717) is 17.6 Å². The highest BCUT2D eigenvalue weighted by Gasteiger charge is 2.53. The Labute approximate surface area is 117 Å². The van der Waals surface area contributed by atoms with Crippen LogP contribution in [0.15, 0.2) is 21.3 Å². The first-order valence-corrected chi connectivity index (χ1v) is 7.14. The van der Waals surface area contributed by atoms with Crippen LogP contribution in [0.3, 0.4) is 0 Å². The maximum atomic E-state index is 12.2. The molecule has 0 bridgehead atoms. The van der Waals surface area contributed by atoms with Crippen LogP contribution in [0, 0.1) is 18.8 Å². The Bertz CT molecular complexity index is 579. The molecule has 0 aromatic carbocycles. The largest absolute Gasteiger partial charge is 0.456 e. The summed E-state index contributed by atoms with van der Waals surface area (Å²) in [5.41, 5.74) is -0.207. The van der Waals surface area contributed by atoms with E-state index < -0.39 is 0 Å². The number of rotatable bonds is 3. The average molecular weight is 277 g/mol. The number of nitrogens with one attached hydrogen (secondary N) is 1. The Morgan fingerprint density at radius 1 is 1.45 bits per heavy atom. The van der Waals surface area contributed by atoms with Crippen LogP contribution in [0.2, 0.25) is 0 Å². The Morgan fingerprint density at radius 2 is 2.25 bits per heavy atom. The number of carbonyl (C=O) groups is 1. The Kier molecular flexibility index (Phi) is 3.38. The summed E-state index contributed by atoms with van der Waals surface area (Å²) in [6.07, 6.45) is 2.25. The summed E-state index contributed by atoms with van der Waals surface area (Å²) in [4.78, 5) is 23.6. The van der Waals surface area contributed by atoms with Crippen LogP contribution in [0.1, 0.15) is 36.1 Å². The molecule has 1 aromatic rings. The van der Waals surface area contributed by atoms with E-state index in [2.05, 4.69) is 12.2 Å². The fraction of sp³-hybridized carbons (Fsp3) is 0.600. The monoisotopic (exact) mass is 277 g/mol. The molecule has 1 saturated heterocycles. The molecule has 2 fully saturated rings. The molecule has 0 spiro atoms. The summed E-state index contributed by atoms with van der Waals surface area (Å²) in [5.74, 6) is 1.00. The standard InChI is InChI=1S/C15H19NO4/c1-3-10-13(11-4-5-19-14(10)11)16-15(18)12-7-9(17)6-8(2)20-12/h6-7,10-11,13-14H,3-5H2,1-2H3,(H,16,18)/t10-,11+,13-,14-/m1/s1. The smallest absolute Gasteiger partial charge is 0.287 e. The fourth-order valence-electron chi connectivity index (χ4n) is 3.47. The molecule has 2 aliphatic rings. The van der Waals surface area contributed by atoms with E-state index in [9.17, 15) is 9.59 Å². The summed E-state index contributed by atoms with van der Waals surface area (Å²) in [6, 6.07) is 2.74. The first-order chi connectivity index (χ1) is 9.60. The summed E-state index contributed by atoms with van der Waals surface area (Å²) >= 11 is 0. The van der Waals surface area contributed by atoms with Crippen molar-refractivity contribution in [1.82, 2.24) is 5.32 Å². The summed E-state index contributed by atoms with van der Waals surface area (Å²) in [6.45, 7) is 4.55. The maximum absolute atomic E-state index is 12.2. The van der Waals surface area contributed by atoms with Gasteiger partial charge in [0.1, 0.15) is 5.76 Å². The van der Waals surface area contributed by atoms with Gasteiger partial charge in [0, 0.05) is 36.6 Å². The van der Waals surface area contributed by atoms with Crippen molar-refractivity contribution in [2.75, 3.05) is 6.61 Å². The van der Waals surface area contributed by atoms with Gasteiger partial charge in [-0.2, -0.15) is 0 Å². The molecule has 0 unspecified atom stereocenters. The van der Waals surface area contributed by atoms with Crippen molar-refractivity contribution < 1.29 is 13.9 Å². The van der Waals surface area contributed by atoms with E-state index >= 15 is 0 Å². The maximum Gasteiger partial charge on any atom is 0.287 e. The van der Waals surface area contributed by atoms with Gasteiger partial charge in [-0.05, 0) is 19.8 Å². The molecule has 2 heterocycles. The van der Waals surface area contributed by atoms with Gasteiger partial charge >= 0.3 is 0 Å². The van der Waals surface area contributed by atoms with Gasteiger partial charge in [-0.3, -0.25) is 9.59 Å². The van der Waals surface area contributed by atoms with Gasteiger partial charge in [-0.25, -0.2) is 0 Å². The fourth-order valence-corrected chi connectivity index (χ4v) is 3.47. The van der Waals surface area contributed by atoms with Crippen LogP contribution >= 0.6 is 0 Å². The second kappa shape index (κ2) is 5.05. The second-order valence-corrected chi connectivity index (χ2v) is 5.63. The van der Waals surface area contributed by atoms with E-state index in [1.165, 1.54) is 12.1 Å². The molecule has 5 heteroatoms. The summed E-state index contributed by atoms with van der Waals surface area (Å²) in [7, 11) is 0. The molecule has 0 radical (unpaired) electrons. The van der Waals surface area contributed by atoms with Crippen LogP contribution in [0.5, 0.6) is 0 Å². The zero-order valence-electron chi connectivity index (χ0n) is 11.7. The molecule has 1 saturated carbocycles. The van der Waals surface area contributed by atoms with Gasteiger partial charge in [-0.15, -0.1) is 0 Å². The lowest BCUT2D eigenvalue weighted by atomic mass is 9.65. The molecule has 108 valence electrons. The van der Waals surface area contributed by atoms with E-state index in [1.54, 1.807) is 6.92 Å². The molecule has 1 amide bonds. The molecule has 4 atom stereocenters. The third-order valence-corrected chi connectivity index (χ3v) is 4.41. The number of ether oxygens (including phenoxy) is 1. The molecule has 1 aliphatic carbocycles. The minimum Gasteiger partial charge on any atom is -0.456 e. The van der Waals surface area contributed by atoms with Crippen molar-refractivity contribution in [2.45, 2.75) is 38.8 Å². The Hall–Kier alpha value is -1.62. The minimum atomic E-state index is -0.306. The van der Waals surface area contributed by atoms with Gasteiger partial charge in [0.25, 0.3) is 5.91 Å². The molecule has 20 heavy (non-hydrogen) atoms. The average Bonchev–Trinajstić information content (AvgIpc) is 2.79. The van der Waals surface area contributed by atoms with Gasteiger partial charge in [0.05, 0.1) is 6.10 Å². The topological polar surface area (TPSA) is 68.5 Å². The molecule has 1 aliphatic heterocycles. The number of amides is 1. The number of aryl methyl sites for hydroxylation is 1. The van der Waals surface area contributed by atoms with Gasteiger partial charge in [0.2, 0.25) is 0 Å². The third-order valence-electron chi connectivity index (χ3n) is 4.41. The number of hydrogen-bond acceptors (Lipinski definition) is 4. The lowest BCUT2D eigenvalue weighted by Crippen LogP contribution is -2.61. The highest BCUT2D eigenvalue weighted by Crippen LogP contribution is 2.45. The van der Waals surface area contributed by atoms with Gasteiger partial charge in [0.15, 0.2) is 11.2 Å². The molecule has 5 nitrogen and oxygen atoms in total. The first-order valence-electron chi connectivity index (χ1n) is 7.14. The highest BCUT2D eigenvalue weighted by atomic mass is 16.5. The van der Waals surface area contributed by atoms with E-state index in [-0.39, 0.29) is 29.2 Å². The van der Waals surface area contributed by atoms with Gasteiger partial charge < -0.3 is 14.5 Å². The zero-order valence-corrected chi connectivity index (χ0v) is 11.7. The quantitative estimate of drug-likeness (QED) is 0.909. The highest BCUT2D eigenvalue weighted by molar-refractivity contribution is 5.91. The van der Waals surface area contributed by atoms with Crippen molar-refractivity contribution in [3.05, 3.63) is 33.9 Å². The molecular weight excluding hydrogens is 258 g/mol. The Balaban J connectivity index is 1.74. The van der Waals surface area contributed by atoms with Gasteiger partial charge in [-0.1, -0.05) is 6.92 Å². The SMILES string of the molecule is CC[C@@H]1[C@@H](NC(=O)c2cc(=O)cc(C)o2)[C@@H]2CCO[C@H]12. The normalized spacial score (nSPS) is 31.5. The van der Waals surface area contributed by atoms with Crippen LogP contribution in [0.25, 0.3) is 0 Å². The number of hydrogen-bond donors (Lipinski definition) is 1. The van der Waals surface area contributed by atoms with E-state index in [0.717, 1.165) is 19.4 Å². The molecule has 1 aromatic heterocycles. The predicted octanol–water partition coefficient (Wildman–Crippen LogP) is 1.49. The summed E-state index contributed by atoms with van der Waals surface area (Å²) < 4.78 is 11.0. The minimum absolute atomic E-state index is 0.0900. The van der Waals surface area contributed by atoms with Crippen LogP contribution < -0.4 is 10.7 Å². The molecule has 3 rings (SSSR count). The number of carbonyl (C=O) groups excluding carboxylic acids is 1. The summed E-state index contributed by atoms with van der Waals surface area (Å²) in [5, 5.41) is 3.01. The van der Waals surface area contributed by atoms with Crippen molar-refractivity contribution in [3.8, 4) is 0 Å². The second-order valence-electron chi connectivity index (χ2n) is 5.63. The van der Waals surface area contributed by atoms with Crippen LogP contribution in [-0.4, -0.2) is 24.7 Å². The Morgan fingerprint density at radius 3 is 2.95 bits per heavy atom.